The Balaban J connectivity index is 1.48. The summed E-state index contributed by atoms with van der Waals surface area (Å²) in [4.78, 5) is 21.7. The van der Waals surface area contributed by atoms with Gasteiger partial charge in [0.05, 0.1) is 11.6 Å². The van der Waals surface area contributed by atoms with Crippen LogP contribution in [0.25, 0.3) is 5.82 Å². The molecule has 2 aromatic carbocycles. The molecule has 7 heteroatoms. The second-order valence-electron chi connectivity index (χ2n) is 8.31. The predicted molar refractivity (Wildman–Crippen MR) is 133 cm³/mol. The minimum absolute atomic E-state index is 0.0291. The molecule has 0 saturated heterocycles. The Hall–Kier alpha value is -4.00. The van der Waals surface area contributed by atoms with E-state index in [1.54, 1.807) is 6.07 Å². The Kier molecular flexibility index (Phi) is 6.72. The van der Waals surface area contributed by atoms with Crippen molar-refractivity contribution in [2.45, 2.75) is 47.0 Å². The molecule has 0 aliphatic carbocycles. The maximum atomic E-state index is 12.8. The van der Waals surface area contributed by atoms with Gasteiger partial charge in [0.15, 0.2) is 5.82 Å². The quantitative estimate of drug-likeness (QED) is 0.380. The molecule has 7 nitrogen and oxygen atoms in total. The lowest BCUT2D eigenvalue weighted by molar-refractivity contribution is -0.117. The summed E-state index contributed by atoms with van der Waals surface area (Å²) in [7, 11) is 0. The van der Waals surface area contributed by atoms with E-state index in [1.165, 1.54) is 0 Å². The molecule has 0 aliphatic rings. The van der Waals surface area contributed by atoms with E-state index in [0.29, 0.717) is 29.0 Å². The fourth-order valence-electron chi connectivity index (χ4n) is 3.84. The highest BCUT2D eigenvalue weighted by Crippen LogP contribution is 2.26. The fraction of sp³-hybridized carbons (Fsp3) is 0.259. The second-order valence-corrected chi connectivity index (χ2v) is 8.31. The maximum absolute atomic E-state index is 12.8. The van der Waals surface area contributed by atoms with Crippen LogP contribution in [0.15, 0.2) is 60.7 Å². The van der Waals surface area contributed by atoms with Gasteiger partial charge < -0.3 is 10.1 Å². The Morgan fingerprint density at radius 1 is 1.00 bits per heavy atom. The summed E-state index contributed by atoms with van der Waals surface area (Å²) in [6.45, 7) is 9.88. The fourth-order valence-corrected chi connectivity index (χ4v) is 3.84. The number of carbonyl (C=O) groups is 1. The van der Waals surface area contributed by atoms with Gasteiger partial charge in [-0.3, -0.25) is 4.79 Å². The summed E-state index contributed by atoms with van der Waals surface area (Å²) in [5, 5.41) is 7.59. The first kappa shape index (κ1) is 23.2. The normalized spacial score (nSPS) is 11.8. The van der Waals surface area contributed by atoms with E-state index in [9.17, 15) is 4.79 Å². The molecule has 1 amide bonds. The number of benzene rings is 2. The minimum atomic E-state index is -0.197. The van der Waals surface area contributed by atoms with Crippen molar-refractivity contribution in [2.24, 2.45) is 0 Å². The number of amides is 1. The molecule has 4 aromatic rings. The highest BCUT2D eigenvalue weighted by Gasteiger charge is 2.18. The number of hydrogen-bond acceptors (Lipinski definition) is 5. The van der Waals surface area contributed by atoms with Gasteiger partial charge in [0, 0.05) is 17.4 Å². The molecule has 1 unspecified atom stereocenters. The third-order valence-electron chi connectivity index (χ3n) is 5.94. The molecule has 0 bridgehead atoms. The van der Waals surface area contributed by atoms with Crippen molar-refractivity contribution in [1.82, 2.24) is 19.7 Å². The second kappa shape index (κ2) is 9.87. The largest absolute Gasteiger partial charge is 0.439 e. The standard InChI is InChI=1S/C27H29N5O2/c1-6-24(21-10-8-7-9-11-21)27(33)30-22-12-14-23(15-13-22)34-26-16-25(28-20(5)29-26)32-19(4)17(2)18(3)31-32/h7-16,24H,6H2,1-5H3,(H,30,33). The molecular weight excluding hydrogens is 426 g/mol. The summed E-state index contributed by atoms with van der Waals surface area (Å²) < 4.78 is 7.80. The van der Waals surface area contributed by atoms with Gasteiger partial charge in [-0.1, -0.05) is 37.3 Å². The molecule has 2 aromatic heterocycles. The van der Waals surface area contributed by atoms with Crippen LogP contribution in [-0.2, 0) is 4.79 Å². The van der Waals surface area contributed by atoms with Gasteiger partial charge in [-0.25, -0.2) is 9.67 Å². The van der Waals surface area contributed by atoms with Crippen molar-refractivity contribution in [2.75, 3.05) is 5.32 Å². The average molecular weight is 456 g/mol. The lowest BCUT2D eigenvalue weighted by atomic mass is 9.95. The van der Waals surface area contributed by atoms with Crippen molar-refractivity contribution in [3.05, 3.63) is 89.0 Å². The zero-order valence-electron chi connectivity index (χ0n) is 20.2. The highest BCUT2D eigenvalue weighted by molar-refractivity contribution is 5.95. The summed E-state index contributed by atoms with van der Waals surface area (Å²) in [5.74, 6) is 2.07. The summed E-state index contributed by atoms with van der Waals surface area (Å²) >= 11 is 0. The SMILES string of the molecule is CCC(C(=O)Nc1ccc(Oc2cc(-n3nc(C)c(C)c3C)nc(C)n2)cc1)c1ccccc1. The number of aryl methyl sites for hydroxylation is 2. The van der Waals surface area contributed by atoms with Crippen molar-refractivity contribution in [1.29, 1.82) is 0 Å². The number of anilines is 1. The van der Waals surface area contributed by atoms with Gasteiger partial charge in [-0.2, -0.15) is 10.1 Å². The van der Waals surface area contributed by atoms with Gasteiger partial charge in [0.25, 0.3) is 0 Å². The number of rotatable bonds is 7. The summed E-state index contributed by atoms with van der Waals surface area (Å²) in [6.07, 6.45) is 0.723. The minimum Gasteiger partial charge on any atom is -0.439 e. The molecule has 4 rings (SSSR count). The number of carbonyl (C=O) groups excluding carboxylic acids is 1. The van der Waals surface area contributed by atoms with E-state index in [-0.39, 0.29) is 11.8 Å². The van der Waals surface area contributed by atoms with E-state index >= 15 is 0 Å². The van der Waals surface area contributed by atoms with E-state index in [2.05, 4.69) is 20.4 Å². The predicted octanol–water partition coefficient (Wildman–Crippen LogP) is 5.82. The van der Waals surface area contributed by atoms with Gasteiger partial charge in [-0.15, -0.1) is 0 Å². The first-order valence-electron chi connectivity index (χ1n) is 11.4. The van der Waals surface area contributed by atoms with Crippen molar-refractivity contribution < 1.29 is 9.53 Å². The summed E-state index contributed by atoms with van der Waals surface area (Å²) in [5.41, 5.74) is 4.85. The maximum Gasteiger partial charge on any atom is 0.231 e. The number of ether oxygens (including phenoxy) is 1. The Morgan fingerprint density at radius 2 is 1.71 bits per heavy atom. The molecule has 34 heavy (non-hydrogen) atoms. The zero-order chi connectivity index (χ0) is 24.2. The van der Waals surface area contributed by atoms with Gasteiger partial charge in [0.1, 0.15) is 11.6 Å². The number of aromatic nitrogens is 4. The molecular formula is C27H29N5O2. The van der Waals surface area contributed by atoms with Crippen LogP contribution in [0.5, 0.6) is 11.6 Å². The molecule has 0 saturated carbocycles. The van der Waals surface area contributed by atoms with Crippen LogP contribution in [0.1, 0.15) is 47.6 Å². The number of nitrogens with zero attached hydrogens (tertiary/aromatic N) is 4. The van der Waals surface area contributed by atoms with Gasteiger partial charge in [0.2, 0.25) is 11.8 Å². The van der Waals surface area contributed by atoms with E-state index in [4.69, 9.17) is 4.74 Å². The molecule has 0 spiro atoms. The molecule has 0 radical (unpaired) electrons. The van der Waals surface area contributed by atoms with Crippen molar-refractivity contribution >= 4 is 11.6 Å². The first-order valence-corrected chi connectivity index (χ1v) is 11.4. The topological polar surface area (TPSA) is 81.9 Å². The van der Waals surface area contributed by atoms with E-state index in [0.717, 1.165) is 28.9 Å². The van der Waals surface area contributed by atoms with E-state index in [1.807, 2.05) is 93.9 Å². The molecule has 0 aliphatic heterocycles. The Bertz CT molecular complexity index is 1300. The number of hydrogen-bond donors (Lipinski definition) is 1. The third kappa shape index (κ3) is 4.98. The van der Waals surface area contributed by atoms with Crippen LogP contribution in [0.2, 0.25) is 0 Å². The molecule has 1 atom stereocenters. The first-order chi connectivity index (χ1) is 16.4. The van der Waals surface area contributed by atoms with Crippen LogP contribution in [-0.4, -0.2) is 25.7 Å². The lowest BCUT2D eigenvalue weighted by Crippen LogP contribution is -2.20. The summed E-state index contributed by atoms with van der Waals surface area (Å²) in [6, 6.07) is 18.9. The van der Waals surface area contributed by atoms with Crippen LogP contribution < -0.4 is 10.1 Å². The smallest absolute Gasteiger partial charge is 0.231 e. The number of nitrogens with one attached hydrogen (secondary N) is 1. The van der Waals surface area contributed by atoms with Crippen LogP contribution in [0, 0.1) is 27.7 Å². The van der Waals surface area contributed by atoms with Crippen LogP contribution in [0.3, 0.4) is 0 Å². The van der Waals surface area contributed by atoms with Gasteiger partial charge in [-0.05, 0) is 69.5 Å². The van der Waals surface area contributed by atoms with Crippen LogP contribution in [0.4, 0.5) is 5.69 Å². The monoisotopic (exact) mass is 455 g/mol. The highest BCUT2D eigenvalue weighted by atomic mass is 16.5. The zero-order valence-corrected chi connectivity index (χ0v) is 20.2. The van der Waals surface area contributed by atoms with E-state index < -0.39 is 0 Å². The molecule has 0 fully saturated rings. The average Bonchev–Trinajstić information content (AvgIpc) is 3.08. The van der Waals surface area contributed by atoms with Gasteiger partial charge >= 0.3 is 0 Å². The third-order valence-corrected chi connectivity index (χ3v) is 5.94. The van der Waals surface area contributed by atoms with Crippen molar-refractivity contribution in [3.8, 4) is 17.4 Å². The molecule has 2 heterocycles. The molecule has 1 N–H and O–H groups in total. The molecule has 174 valence electrons. The van der Waals surface area contributed by atoms with Crippen LogP contribution >= 0.6 is 0 Å². The van der Waals surface area contributed by atoms with Crippen molar-refractivity contribution in [3.63, 3.8) is 0 Å². The Labute approximate surface area is 199 Å². The Morgan fingerprint density at radius 3 is 2.32 bits per heavy atom. The lowest BCUT2D eigenvalue weighted by Gasteiger charge is -2.15.